The number of piperidine rings is 1. The number of rotatable bonds is 3. The monoisotopic (exact) mass is 315 g/mol. The van der Waals surface area contributed by atoms with Gasteiger partial charge in [-0.1, -0.05) is 6.92 Å². The predicted molar refractivity (Wildman–Crippen MR) is 77.1 cm³/mol. The van der Waals surface area contributed by atoms with Crippen LogP contribution in [-0.2, 0) is 10.0 Å². The summed E-state index contributed by atoms with van der Waals surface area (Å²) in [6.07, 6.45) is 1.91. The maximum absolute atomic E-state index is 12.5. The maximum atomic E-state index is 12.5. The molecule has 7 nitrogen and oxygen atoms in total. The van der Waals surface area contributed by atoms with Crippen molar-refractivity contribution < 1.29 is 17.6 Å². The van der Waals surface area contributed by atoms with Gasteiger partial charge in [0.2, 0.25) is 10.0 Å². The van der Waals surface area contributed by atoms with Gasteiger partial charge in [0.1, 0.15) is 10.7 Å². The van der Waals surface area contributed by atoms with Gasteiger partial charge in [0.15, 0.2) is 5.76 Å². The van der Waals surface area contributed by atoms with E-state index in [2.05, 4.69) is 6.92 Å². The van der Waals surface area contributed by atoms with Crippen molar-refractivity contribution in [3.63, 3.8) is 0 Å². The molecule has 1 aliphatic heterocycles. The molecule has 2 atom stereocenters. The van der Waals surface area contributed by atoms with Crippen molar-refractivity contribution >= 4 is 15.9 Å². The third kappa shape index (κ3) is 3.12. The summed E-state index contributed by atoms with van der Waals surface area (Å²) in [5, 5.41) is 5.09. The molecule has 1 amide bonds. The van der Waals surface area contributed by atoms with E-state index in [4.69, 9.17) is 15.3 Å². The highest BCUT2D eigenvalue weighted by Gasteiger charge is 2.33. The van der Waals surface area contributed by atoms with E-state index in [1.165, 1.54) is 13.0 Å². The average Bonchev–Trinajstić information content (AvgIpc) is 2.79. The molecule has 2 rings (SSSR count). The smallest absolute Gasteiger partial charge is 0.289 e. The highest BCUT2D eigenvalue weighted by atomic mass is 32.2. The minimum absolute atomic E-state index is 0.0101. The van der Waals surface area contributed by atoms with Gasteiger partial charge in [-0.15, -0.1) is 0 Å². The number of carbonyl (C=O) groups excluding carboxylic acids is 1. The van der Waals surface area contributed by atoms with Gasteiger partial charge in [-0.2, -0.15) is 0 Å². The summed E-state index contributed by atoms with van der Waals surface area (Å²) in [6, 6.07) is 1.13. The predicted octanol–water partition coefficient (Wildman–Crippen LogP) is 0.435. The first-order valence-electron chi connectivity index (χ1n) is 6.90. The van der Waals surface area contributed by atoms with Crippen molar-refractivity contribution in [2.75, 3.05) is 13.1 Å². The van der Waals surface area contributed by atoms with E-state index >= 15 is 0 Å². The summed E-state index contributed by atoms with van der Waals surface area (Å²) >= 11 is 0. The molecule has 1 aromatic heterocycles. The number of aryl methyl sites for hydroxylation is 1. The van der Waals surface area contributed by atoms with Crippen LogP contribution in [0.15, 0.2) is 15.4 Å². The standard InChI is InChI=1S/C13H21N3O4S/c1-8-4-3-5-16(10(8)7-14)13(17)11-6-12(9(2)20-11)21(15,18)19/h6,8,10H,3-5,7,14H2,1-2H3,(H2,15,18,19)/t8-,10-/m1/s1. The molecule has 2 heterocycles. The van der Waals surface area contributed by atoms with Gasteiger partial charge in [-0.05, 0) is 25.7 Å². The van der Waals surface area contributed by atoms with Crippen molar-refractivity contribution in [3.05, 3.63) is 17.6 Å². The van der Waals surface area contributed by atoms with Crippen LogP contribution in [0.1, 0.15) is 36.1 Å². The lowest BCUT2D eigenvalue weighted by molar-refractivity contribution is 0.0500. The highest BCUT2D eigenvalue weighted by Crippen LogP contribution is 2.26. The van der Waals surface area contributed by atoms with Crippen LogP contribution >= 0.6 is 0 Å². The molecular formula is C13H21N3O4S. The van der Waals surface area contributed by atoms with Crippen molar-refractivity contribution in [3.8, 4) is 0 Å². The zero-order valence-corrected chi connectivity index (χ0v) is 13.0. The number of carbonyl (C=O) groups is 1. The van der Waals surface area contributed by atoms with E-state index in [1.807, 2.05) is 0 Å². The number of sulfonamides is 1. The second-order valence-electron chi connectivity index (χ2n) is 5.50. The van der Waals surface area contributed by atoms with Crippen LogP contribution in [0.2, 0.25) is 0 Å². The van der Waals surface area contributed by atoms with Crippen molar-refractivity contribution in [1.82, 2.24) is 4.90 Å². The first-order valence-corrected chi connectivity index (χ1v) is 8.44. The van der Waals surface area contributed by atoms with Crippen LogP contribution < -0.4 is 10.9 Å². The Kier molecular flexibility index (Phi) is 4.40. The Balaban J connectivity index is 2.32. The van der Waals surface area contributed by atoms with Crippen molar-refractivity contribution in [2.24, 2.45) is 16.8 Å². The van der Waals surface area contributed by atoms with Gasteiger partial charge >= 0.3 is 0 Å². The molecule has 118 valence electrons. The number of nitrogens with zero attached hydrogens (tertiary/aromatic N) is 1. The molecule has 0 bridgehead atoms. The molecule has 4 N–H and O–H groups in total. The first-order chi connectivity index (χ1) is 9.75. The van der Waals surface area contributed by atoms with Crippen LogP contribution in [0.4, 0.5) is 0 Å². The Morgan fingerprint density at radius 2 is 2.19 bits per heavy atom. The van der Waals surface area contributed by atoms with E-state index in [0.717, 1.165) is 12.8 Å². The van der Waals surface area contributed by atoms with Crippen LogP contribution in [-0.4, -0.2) is 38.4 Å². The molecule has 0 unspecified atom stereocenters. The van der Waals surface area contributed by atoms with Gasteiger partial charge in [-0.3, -0.25) is 4.79 Å². The lowest BCUT2D eigenvalue weighted by Crippen LogP contribution is -2.51. The minimum atomic E-state index is -3.90. The molecule has 0 radical (unpaired) electrons. The largest absolute Gasteiger partial charge is 0.455 e. The average molecular weight is 315 g/mol. The summed E-state index contributed by atoms with van der Waals surface area (Å²) < 4.78 is 28.1. The number of amides is 1. The van der Waals surface area contributed by atoms with E-state index in [9.17, 15) is 13.2 Å². The molecule has 0 saturated carbocycles. The van der Waals surface area contributed by atoms with E-state index < -0.39 is 10.0 Å². The van der Waals surface area contributed by atoms with Gasteiger partial charge < -0.3 is 15.1 Å². The highest BCUT2D eigenvalue weighted by molar-refractivity contribution is 7.89. The number of primary sulfonamides is 1. The summed E-state index contributed by atoms with van der Waals surface area (Å²) in [6.45, 7) is 4.49. The molecular weight excluding hydrogens is 294 g/mol. The molecule has 0 aliphatic carbocycles. The Labute approximate surface area is 124 Å². The fraction of sp³-hybridized carbons (Fsp3) is 0.615. The molecule has 0 spiro atoms. The lowest BCUT2D eigenvalue weighted by atomic mass is 9.90. The van der Waals surface area contributed by atoms with Gasteiger partial charge in [-0.25, -0.2) is 13.6 Å². The number of furan rings is 1. The molecule has 1 saturated heterocycles. The summed E-state index contributed by atoms with van der Waals surface area (Å²) in [4.78, 5) is 14.1. The van der Waals surface area contributed by atoms with E-state index in [-0.39, 0.29) is 28.4 Å². The number of hydrogen-bond donors (Lipinski definition) is 2. The Morgan fingerprint density at radius 3 is 2.71 bits per heavy atom. The Morgan fingerprint density at radius 1 is 1.52 bits per heavy atom. The third-order valence-corrected chi connectivity index (χ3v) is 5.03. The zero-order valence-electron chi connectivity index (χ0n) is 12.2. The van der Waals surface area contributed by atoms with Gasteiger partial charge in [0.05, 0.1) is 0 Å². The van der Waals surface area contributed by atoms with Crippen molar-refractivity contribution in [2.45, 2.75) is 37.6 Å². The second kappa shape index (κ2) is 5.78. The SMILES string of the molecule is Cc1oc(C(=O)N2CCC[C@@H](C)[C@H]2CN)cc1S(N)(=O)=O. The van der Waals surface area contributed by atoms with E-state index in [0.29, 0.717) is 19.0 Å². The molecule has 1 aliphatic rings. The first kappa shape index (κ1) is 16.0. The zero-order chi connectivity index (χ0) is 15.8. The van der Waals surface area contributed by atoms with Crippen LogP contribution in [0, 0.1) is 12.8 Å². The lowest BCUT2D eigenvalue weighted by Gasteiger charge is -2.38. The third-order valence-electron chi connectivity index (χ3n) is 4.01. The second-order valence-corrected chi connectivity index (χ2v) is 7.03. The van der Waals surface area contributed by atoms with Crippen LogP contribution in [0.5, 0.6) is 0 Å². The molecule has 1 aromatic rings. The minimum Gasteiger partial charge on any atom is -0.455 e. The normalized spacial score (nSPS) is 23.3. The molecule has 21 heavy (non-hydrogen) atoms. The Hall–Kier alpha value is -1.38. The number of likely N-dealkylation sites (tertiary alicyclic amines) is 1. The maximum Gasteiger partial charge on any atom is 0.289 e. The fourth-order valence-electron chi connectivity index (χ4n) is 2.86. The Bertz CT molecular complexity index is 638. The van der Waals surface area contributed by atoms with Crippen LogP contribution in [0.3, 0.4) is 0 Å². The topological polar surface area (TPSA) is 120 Å². The number of hydrogen-bond acceptors (Lipinski definition) is 5. The summed E-state index contributed by atoms with van der Waals surface area (Å²) in [5.74, 6) is 0.0794. The quantitative estimate of drug-likeness (QED) is 0.838. The van der Waals surface area contributed by atoms with Crippen molar-refractivity contribution in [1.29, 1.82) is 0 Å². The summed E-state index contributed by atoms with van der Waals surface area (Å²) in [5.41, 5.74) is 5.76. The van der Waals surface area contributed by atoms with Crippen LogP contribution in [0.25, 0.3) is 0 Å². The number of nitrogens with two attached hydrogens (primary N) is 2. The van der Waals surface area contributed by atoms with E-state index in [1.54, 1.807) is 4.90 Å². The van der Waals surface area contributed by atoms with Gasteiger partial charge in [0.25, 0.3) is 5.91 Å². The van der Waals surface area contributed by atoms with Gasteiger partial charge in [0, 0.05) is 25.2 Å². The molecule has 1 fully saturated rings. The molecule has 0 aromatic carbocycles. The fourth-order valence-corrected chi connectivity index (χ4v) is 3.57. The molecule has 8 heteroatoms. The summed E-state index contributed by atoms with van der Waals surface area (Å²) in [7, 11) is -3.90.